The van der Waals surface area contributed by atoms with E-state index in [2.05, 4.69) is 9.44 Å². The van der Waals surface area contributed by atoms with Crippen molar-refractivity contribution in [2.75, 3.05) is 15.2 Å². The second kappa shape index (κ2) is 5.55. The van der Waals surface area contributed by atoms with E-state index in [-0.39, 0.29) is 17.1 Å². The van der Waals surface area contributed by atoms with E-state index >= 15 is 0 Å². The van der Waals surface area contributed by atoms with Crippen LogP contribution < -0.4 is 14.6 Å². The fourth-order valence-corrected chi connectivity index (χ4v) is 2.89. The highest BCUT2D eigenvalue weighted by Gasteiger charge is 2.09. The summed E-state index contributed by atoms with van der Waals surface area (Å²) in [5, 5.41) is 4.81. The van der Waals surface area contributed by atoms with Crippen LogP contribution in [0.5, 0.6) is 0 Å². The molecule has 18 heavy (non-hydrogen) atoms. The predicted molar refractivity (Wildman–Crippen MR) is 70.9 cm³/mol. The van der Waals surface area contributed by atoms with Gasteiger partial charge in [0.25, 0.3) is 10.2 Å². The van der Waals surface area contributed by atoms with Gasteiger partial charge < -0.3 is 0 Å². The Kier molecular flexibility index (Phi) is 4.54. The van der Waals surface area contributed by atoms with Crippen molar-refractivity contribution < 1.29 is 16.8 Å². The van der Waals surface area contributed by atoms with Crippen molar-refractivity contribution in [1.29, 1.82) is 0 Å². The van der Waals surface area contributed by atoms with Crippen molar-refractivity contribution in [2.24, 2.45) is 5.14 Å². The molecule has 1 rings (SSSR count). The van der Waals surface area contributed by atoms with Gasteiger partial charge in [0.1, 0.15) is 0 Å². The quantitative estimate of drug-likeness (QED) is 0.705. The Bertz CT molecular complexity index is 610. The Balaban J connectivity index is 2.90. The van der Waals surface area contributed by atoms with Crippen molar-refractivity contribution in [3.8, 4) is 0 Å². The van der Waals surface area contributed by atoms with Crippen LogP contribution >= 0.6 is 0 Å². The van der Waals surface area contributed by atoms with Crippen LogP contribution in [-0.4, -0.2) is 22.6 Å². The van der Waals surface area contributed by atoms with Crippen LogP contribution in [0.15, 0.2) is 24.3 Å². The molecule has 0 fully saturated rings. The minimum absolute atomic E-state index is 0.000155. The zero-order valence-corrected chi connectivity index (χ0v) is 11.4. The third kappa shape index (κ3) is 5.34. The first-order chi connectivity index (χ1) is 8.22. The van der Waals surface area contributed by atoms with Crippen LogP contribution in [0.4, 0.5) is 11.4 Å². The molecule has 0 aliphatic heterocycles. The minimum Gasteiger partial charge on any atom is -0.283 e. The smallest absolute Gasteiger partial charge is 0.283 e. The second-order valence-corrected chi connectivity index (χ2v) is 6.78. The summed E-state index contributed by atoms with van der Waals surface area (Å²) >= 11 is 0. The van der Waals surface area contributed by atoms with Crippen molar-refractivity contribution in [3.05, 3.63) is 24.3 Å². The summed E-state index contributed by atoms with van der Waals surface area (Å²) in [7, 11) is -7.28. The molecule has 0 aliphatic rings. The maximum absolute atomic E-state index is 11.5. The van der Waals surface area contributed by atoms with E-state index in [9.17, 15) is 16.8 Å². The van der Waals surface area contributed by atoms with Gasteiger partial charge in [0.2, 0.25) is 10.0 Å². The molecule has 7 nitrogen and oxygen atoms in total. The molecular formula is C9H15N3O4S2. The SMILES string of the molecule is CCCS(=O)(=O)Nc1cccc(NS(N)(=O)=O)c1. The van der Waals surface area contributed by atoms with Gasteiger partial charge in [-0.25, -0.2) is 13.6 Å². The number of benzene rings is 1. The first-order valence-electron chi connectivity index (χ1n) is 5.13. The molecule has 0 saturated carbocycles. The second-order valence-electron chi connectivity index (χ2n) is 3.65. The van der Waals surface area contributed by atoms with E-state index in [1.165, 1.54) is 24.3 Å². The van der Waals surface area contributed by atoms with E-state index in [1.54, 1.807) is 6.92 Å². The first kappa shape index (κ1) is 14.7. The third-order valence-corrected chi connectivity index (χ3v) is 3.88. The van der Waals surface area contributed by atoms with Crippen LogP contribution in [0.2, 0.25) is 0 Å². The van der Waals surface area contributed by atoms with E-state index in [4.69, 9.17) is 5.14 Å². The van der Waals surface area contributed by atoms with Gasteiger partial charge in [0, 0.05) is 0 Å². The van der Waals surface area contributed by atoms with Gasteiger partial charge in [-0.05, 0) is 24.6 Å². The van der Waals surface area contributed by atoms with Crippen LogP contribution in [0, 0.1) is 0 Å². The number of nitrogens with two attached hydrogens (primary N) is 1. The number of anilines is 2. The molecule has 0 aliphatic carbocycles. The van der Waals surface area contributed by atoms with Crippen molar-refractivity contribution >= 4 is 31.6 Å². The maximum atomic E-state index is 11.5. The van der Waals surface area contributed by atoms with E-state index in [0.29, 0.717) is 6.42 Å². The lowest BCUT2D eigenvalue weighted by atomic mass is 10.3. The van der Waals surface area contributed by atoms with Gasteiger partial charge in [-0.1, -0.05) is 13.0 Å². The monoisotopic (exact) mass is 293 g/mol. The van der Waals surface area contributed by atoms with E-state index in [1.807, 2.05) is 0 Å². The number of hydrogen-bond acceptors (Lipinski definition) is 4. The summed E-state index contributed by atoms with van der Waals surface area (Å²) in [6, 6.07) is 5.83. The average Bonchev–Trinajstić information content (AvgIpc) is 2.13. The Hall–Kier alpha value is -1.32. The third-order valence-electron chi connectivity index (χ3n) is 1.87. The van der Waals surface area contributed by atoms with Gasteiger partial charge in [0.05, 0.1) is 17.1 Å². The Labute approximate surface area is 107 Å². The topological polar surface area (TPSA) is 118 Å². The molecule has 0 unspecified atom stereocenters. The van der Waals surface area contributed by atoms with Crippen molar-refractivity contribution in [2.45, 2.75) is 13.3 Å². The standard InChI is InChI=1S/C9H15N3O4S2/c1-2-6-17(13,14)11-8-4-3-5-9(7-8)12-18(10,15)16/h3-5,7,11-12H,2,6H2,1H3,(H2,10,15,16). The molecule has 9 heteroatoms. The highest BCUT2D eigenvalue weighted by Crippen LogP contribution is 2.17. The average molecular weight is 293 g/mol. The van der Waals surface area contributed by atoms with Gasteiger partial charge in [0.15, 0.2) is 0 Å². The molecule has 0 bridgehead atoms. The van der Waals surface area contributed by atoms with Crippen LogP contribution in [-0.2, 0) is 20.2 Å². The fraction of sp³-hybridized carbons (Fsp3) is 0.333. The molecule has 0 saturated heterocycles. The molecule has 4 N–H and O–H groups in total. The number of rotatable bonds is 6. The van der Waals surface area contributed by atoms with Gasteiger partial charge in [-0.3, -0.25) is 9.44 Å². The molecule has 0 amide bonds. The van der Waals surface area contributed by atoms with E-state index < -0.39 is 20.2 Å². The molecule has 0 spiro atoms. The van der Waals surface area contributed by atoms with Crippen LogP contribution in [0.25, 0.3) is 0 Å². The molecule has 102 valence electrons. The summed E-state index contributed by atoms with van der Waals surface area (Å²) < 4.78 is 49.1. The van der Waals surface area contributed by atoms with Gasteiger partial charge >= 0.3 is 0 Å². The fourth-order valence-electron chi connectivity index (χ4n) is 1.31. The molecular weight excluding hydrogens is 278 g/mol. The zero-order valence-electron chi connectivity index (χ0n) is 9.75. The van der Waals surface area contributed by atoms with Gasteiger partial charge in [-0.15, -0.1) is 0 Å². The predicted octanol–water partition coefficient (Wildman–Crippen LogP) is 0.454. The van der Waals surface area contributed by atoms with Crippen molar-refractivity contribution in [3.63, 3.8) is 0 Å². The largest absolute Gasteiger partial charge is 0.296 e. The lowest BCUT2D eigenvalue weighted by Gasteiger charge is -2.09. The number of sulfonamides is 1. The lowest BCUT2D eigenvalue weighted by molar-refractivity contribution is 0.599. The normalized spacial score (nSPS) is 12.1. The Morgan fingerprint density at radius 3 is 2.17 bits per heavy atom. The Morgan fingerprint density at radius 2 is 1.67 bits per heavy atom. The van der Waals surface area contributed by atoms with Crippen molar-refractivity contribution in [1.82, 2.24) is 0 Å². The summed E-state index contributed by atoms with van der Waals surface area (Å²) in [6.07, 6.45) is 0.491. The molecule has 0 aromatic heterocycles. The molecule has 1 aromatic rings. The molecule has 0 atom stereocenters. The van der Waals surface area contributed by atoms with Crippen LogP contribution in [0.1, 0.15) is 13.3 Å². The highest BCUT2D eigenvalue weighted by molar-refractivity contribution is 7.92. The minimum atomic E-state index is -3.88. The Morgan fingerprint density at radius 1 is 1.11 bits per heavy atom. The summed E-state index contributed by atoms with van der Waals surface area (Å²) in [5.74, 6) is -0.000155. The van der Waals surface area contributed by atoms with Gasteiger partial charge in [-0.2, -0.15) is 8.42 Å². The van der Waals surface area contributed by atoms with E-state index in [0.717, 1.165) is 0 Å². The first-order valence-corrected chi connectivity index (χ1v) is 8.33. The lowest BCUT2D eigenvalue weighted by Crippen LogP contribution is -2.22. The molecule has 0 radical (unpaired) electrons. The summed E-state index contributed by atoms with van der Waals surface area (Å²) in [5.41, 5.74) is 0.464. The molecule has 1 aromatic carbocycles. The summed E-state index contributed by atoms with van der Waals surface area (Å²) in [4.78, 5) is 0. The highest BCUT2D eigenvalue weighted by atomic mass is 32.2. The number of hydrogen-bond donors (Lipinski definition) is 3. The zero-order chi connectivity index (χ0) is 13.8. The molecule has 0 heterocycles. The maximum Gasteiger partial charge on any atom is 0.296 e. The number of nitrogens with one attached hydrogen (secondary N) is 2. The van der Waals surface area contributed by atoms with Crippen LogP contribution in [0.3, 0.4) is 0 Å². The summed E-state index contributed by atoms with van der Waals surface area (Å²) in [6.45, 7) is 1.75.